The van der Waals surface area contributed by atoms with E-state index in [2.05, 4.69) is 11.4 Å². The van der Waals surface area contributed by atoms with Gasteiger partial charge in [-0.05, 0) is 24.6 Å². The summed E-state index contributed by atoms with van der Waals surface area (Å²) >= 11 is 12.6. The molecule has 4 rings (SSSR count). The Kier molecular flexibility index (Phi) is 4.32. The average Bonchev–Trinajstić information content (AvgIpc) is 3.22. The van der Waals surface area contributed by atoms with E-state index in [1.54, 1.807) is 13.2 Å². The van der Waals surface area contributed by atoms with Crippen LogP contribution in [0.4, 0.5) is 5.82 Å². The summed E-state index contributed by atoms with van der Waals surface area (Å²) in [5, 5.41) is 9.27. The van der Waals surface area contributed by atoms with Crippen molar-refractivity contribution in [3.05, 3.63) is 69.3 Å². The second-order valence-corrected chi connectivity index (χ2v) is 6.71. The maximum atomic E-state index is 6.41. The van der Waals surface area contributed by atoms with Gasteiger partial charge in [-0.3, -0.25) is 0 Å². The van der Waals surface area contributed by atoms with Crippen molar-refractivity contribution >= 4 is 29.0 Å². The Labute approximate surface area is 156 Å². The van der Waals surface area contributed by atoms with Crippen LogP contribution in [0.1, 0.15) is 16.8 Å². The van der Waals surface area contributed by atoms with E-state index in [0.29, 0.717) is 16.5 Å². The van der Waals surface area contributed by atoms with Crippen LogP contribution in [-0.4, -0.2) is 23.4 Å². The van der Waals surface area contributed by atoms with E-state index in [-0.39, 0.29) is 0 Å². The molecule has 1 aliphatic heterocycles. The summed E-state index contributed by atoms with van der Waals surface area (Å²) in [6, 6.07) is 13.6. The largest absolute Gasteiger partial charge is 0.496 e. The smallest absolute Gasteiger partial charge is 0.133 e. The van der Waals surface area contributed by atoms with E-state index < -0.39 is 0 Å². The van der Waals surface area contributed by atoms with Gasteiger partial charge in [-0.15, -0.1) is 0 Å². The Morgan fingerprint density at radius 3 is 2.84 bits per heavy atom. The van der Waals surface area contributed by atoms with Crippen LogP contribution >= 0.6 is 23.2 Å². The normalized spacial score (nSPS) is 12.8. The highest BCUT2D eigenvalue weighted by Crippen LogP contribution is 2.35. The van der Waals surface area contributed by atoms with Crippen molar-refractivity contribution in [2.24, 2.45) is 0 Å². The Morgan fingerprint density at radius 2 is 2.00 bits per heavy atom. The van der Waals surface area contributed by atoms with Gasteiger partial charge in [-0.1, -0.05) is 47.5 Å². The maximum absolute atomic E-state index is 6.41. The molecule has 1 aromatic heterocycles. The quantitative estimate of drug-likeness (QED) is 0.717. The second kappa shape index (κ2) is 6.62. The Hall–Kier alpha value is -2.17. The number of hydrogen-bond donors (Lipinski definition) is 1. The Morgan fingerprint density at radius 1 is 1.16 bits per heavy atom. The lowest BCUT2D eigenvalue weighted by Gasteiger charge is -2.09. The molecular weight excluding hydrogens is 357 g/mol. The number of hydrogen-bond acceptors (Lipinski definition) is 3. The monoisotopic (exact) mass is 373 g/mol. The van der Waals surface area contributed by atoms with Gasteiger partial charge in [0.2, 0.25) is 0 Å². The molecule has 0 bridgehead atoms. The summed E-state index contributed by atoms with van der Waals surface area (Å²) in [5.41, 5.74) is 4.15. The zero-order valence-electron chi connectivity index (χ0n) is 13.7. The van der Waals surface area contributed by atoms with Gasteiger partial charge in [0.15, 0.2) is 0 Å². The van der Waals surface area contributed by atoms with Crippen molar-refractivity contribution in [1.29, 1.82) is 0 Å². The molecule has 0 radical (unpaired) electrons. The SMILES string of the molecule is COc1ccccc1Cc1nn(-c2cccc(Cl)c2Cl)c2c1CCN2. The third-order valence-electron chi connectivity index (χ3n) is 4.44. The minimum absolute atomic E-state index is 0.506. The van der Waals surface area contributed by atoms with Crippen LogP contribution in [0.25, 0.3) is 5.69 Å². The first-order valence-corrected chi connectivity index (χ1v) is 8.85. The molecule has 1 aliphatic rings. The first kappa shape index (κ1) is 16.3. The number of halogens is 2. The summed E-state index contributed by atoms with van der Waals surface area (Å²) in [6.07, 6.45) is 1.65. The molecule has 0 saturated carbocycles. The summed E-state index contributed by atoms with van der Waals surface area (Å²) in [7, 11) is 1.69. The molecule has 0 spiro atoms. The van der Waals surface area contributed by atoms with Crippen molar-refractivity contribution in [2.45, 2.75) is 12.8 Å². The molecule has 128 valence electrons. The maximum Gasteiger partial charge on any atom is 0.133 e. The number of nitrogens with one attached hydrogen (secondary N) is 1. The fraction of sp³-hybridized carbons (Fsp3) is 0.211. The highest BCUT2D eigenvalue weighted by Gasteiger charge is 2.24. The summed E-state index contributed by atoms with van der Waals surface area (Å²) in [4.78, 5) is 0. The van der Waals surface area contributed by atoms with Crippen LogP contribution in [0, 0.1) is 0 Å². The number of methoxy groups -OCH3 is 1. The van der Waals surface area contributed by atoms with Crippen molar-refractivity contribution < 1.29 is 4.74 Å². The number of aromatic nitrogens is 2. The standard InChI is InChI=1S/C19H17Cl2N3O/c1-25-17-8-3-2-5-12(17)11-15-13-9-10-22-19(13)24(23-15)16-7-4-6-14(20)18(16)21/h2-8,22H,9-11H2,1H3. The molecule has 0 saturated heterocycles. The lowest BCUT2D eigenvalue weighted by Crippen LogP contribution is -2.06. The molecule has 3 aromatic rings. The predicted octanol–water partition coefficient (Wildman–Crippen LogP) is 4.75. The van der Waals surface area contributed by atoms with Crippen LogP contribution < -0.4 is 10.1 Å². The van der Waals surface area contributed by atoms with Gasteiger partial charge in [0, 0.05) is 24.1 Å². The Bertz CT molecular complexity index is 936. The summed E-state index contributed by atoms with van der Waals surface area (Å²) in [5.74, 6) is 1.87. The number of para-hydroxylation sites is 1. The van der Waals surface area contributed by atoms with Gasteiger partial charge in [0.1, 0.15) is 11.6 Å². The fourth-order valence-electron chi connectivity index (χ4n) is 3.25. The van der Waals surface area contributed by atoms with Crippen LogP contribution in [0.5, 0.6) is 5.75 Å². The number of fused-ring (bicyclic) bond motifs is 1. The lowest BCUT2D eigenvalue weighted by atomic mass is 10.0. The molecule has 2 aromatic carbocycles. The number of rotatable bonds is 4. The van der Waals surface area contributed by atoms with Gasteiger partial charge in [-0.25, -0.2) is 4.68 Å². The van der Waals surface area contributed by atoms with E-state index >= 15 is 0 Å². The first-order valence-electron chi connectivity index (χ1n) is 8.10. The topological polar surface area (TPSA) is 39.1 Å². The molecule has 6 heteroatoms. The van der Waals surface area contributed by atoms with Gasteiger partial charge in [0.05, 0.1) is 28.5 Å². The molecule has 0 unspecified atom stereocenters. The minimum atomic E-state index is 0.506. The fourth-order valence-corrected chi connectivity index (χ4v) is 3.62. The Balaban J connectivity index is 1.80. The third-order valence-corrected chi connectivity index (χ3v) is 5.25. The van der Waals surface area contributed by atoms with Crippen molar-refractivity contribution in [3.63, 3.8) is 0 Å². The summed E-state index contributed by atoms with van der Waals surface area (Å²) in [6.45, 7) is 0.893. The number of anilines is 1. The third kappa shape index (κ3) is 2.86. The number of nitrogens with zero attached hydrogens (tertiary/aromatic N) is 2. The minimum Gasteiger partial charge on any atom is -0.496 e. The molecule has 0 fully saturated rings. The number of ether oxygens (including phenoxy) is 1. The average molecular weight is 374 g/mol. The lowest BCUT2D eigenvalue weighted by molar-refractivity contribution is 0.410. The highest BCUT2D eigenvalue weighted by molar-refractivity contribution is 6.43. The molecule has 25 heavy (non-hydrogen) atoms. The van der Waals surface area contributed by atoms with Crippen molar-refractivity contribution in [2.75, 3.05) is 19.0 Å². The zero-order valence-corrected chi connectivity index (χ0v) is 15.2. The zero-order chi connectivity index (χ0) is 17.4. The van der Waals surface area contributed by atoms with Gasteiger partial charge < -0.3 is 10.1 Å². The predicted molar refractivity (Wildman–Crippen MR) is 102 cm³/mol. The van der Waals surface area contributed by atoms with Gasteiger partial charge >= 0.3 is 0 Å². The molecule has 1 N–H and O–H groups in total. The summed E-state index contributed by atoms with van der Waals surface area (Å²) < 4.78 is 7.34. The van der Waals surface area contributed by atoms with Crippen LogP contribution in [0.15, 0.2) is 42.5 Å². The van der Waals surface area contributed by atoms with Crippen LogP contribution in [-0.2, 0) is 12.8 Å². The number of benzene rings is 2. The molecule has 2 heterocycles. The van der Waals surface area contributed by atoms with E-state index in [1.165, 1.54) is 5.56 Å². The molecule has 0 aliphatic carbocycles. The first-order chi connectivity index (χ1) is 12.2. The van der Waals surface area contributed by atoms with E-state index in [4.69, 9.17) is 33.0 Å². The second-order valence-electron chi connectivity index (χ2n) is 5.92. The van der Waals surface area contributed by atoms with Crippen LogP contribution in [0.3, 0.4) is 0 Å². The van der Waals surface area contributed by atoms with E-state index in [9.17, 15) is 0 Å². The van der Waals surface area contributed by atoms with Gasteiger partial charge in [-0.2, -0.15) is 5.10 Å². The van der Waals surface area contributed by atoms with Crippen molar-refractivity contribution in [1.82, 2.24) is 9.78 Å². The molecule has 0 atom stereocenters. The molecular formula is C19H17Cl2N3O. The highest BCUT2D eigenvalue weighted by atomic mass is 35.5. The molecule has 0 amide bonds. The van der Waals surface area contributed by atoms with Gasteiger partial charge in [0.25, 0.3) is 0 Å². The van der Waals surface area contributed by atoms with E-state index in [1.807, 2.05) is 35.0 Å². The molecule has 4 nitrogen and oxygen atoms in total. The van der Waals surface area contributed by atoms with Crippen LogP contribution in [0.2, 0.25) is 10.0 Å². The van der Waals surface area contributed by atoms with Crippen molar-refractivity contribution in [3.8, 4) is 11.4 Å². The van der Waals surface area contributed by atoms with E-state index in [0.717, 1.165) is 41.5 Å².